The van der Waals surface area contributed by atoms with Crippen LogP contribution in [0.15, 0.2) is 30.3 Å². The minimum absolute atomic E-state index is 0.203. The van der Waals surface area contributed by atoms with E-state index in [1.54, 1.807) is 20.8 Å². The Kier molecular flexibility index (Phi) is 7.56. The molecule has 0 saturated carbocycles. The zero-order valence-electron chi connectivity index (χ0n) is 16.6. The van der Waals surface area contributed by atoms with Gasteiger partial charge in [-0.3, -0.25) is 9.59 Å². The summed E-state index contributed by atoms with van der Waals surface area (Å²) < 4.78 is 11.7. The highest BCUT2D eigenvalue weighted by Crippen LogP contribution is 2.24. The van der Waals surface area contributed by atoms with E-state index in [2.05, 4.69) is 19.6 Å². The zero-order valence-corrected chi connectivity index (χ0v) is 17.6. The molecule has 2 unspecified atom stereocenters. The summed E-state index contributed by atoms with van der Waals surface area (Å²) in [6.45, 7) is 13.1. The summed E-state index contributed by atoms with van der Waals surface area (Å²) in [4.78, 5) is 24.9. The van der Waals surface area contributed by atoms with Crippen LogP contribution in [0.3, 0.4) is 0 Å². The number of hydrogen-bond acceptors (Lipinski definition) is 4. The third-order valence-corrected chi connectivity index (χ3v) is 4.55. The molecule has 0 radical (unpaired) electrons. The Balaban J connectivity index is 3.00. The number of ketones is 1. The number of carbonyl (C=O) groups is 2. The second-order valence-electron chi connectivity index (χ2n) is 8.41. The quantitative estimate of drug-likeness (QED) is 0.390. The van der Waals surface area contributed by atoms with Gasteiger partial charge in [0.1, 0.15) is 17.3 Å². The minimum atomic E-state index is -1.93. The molecule has 0 spiro atoms. The SMILES string of the molecule is CC(=O)C(C(=O)OC(C)(C)C)C(CCc1ccccc1)O[Si](C)(C)C. The first-order valence-electron chi connectivity index (χ1n) is 8.84. The topological polar surface area (TPSA) is 52.6 Å². The molecule has 140 valence electrons. The smallest absolute Gasteiger partial charge is 0.319 e. The number of rotatable bonds is 8. The van der Waals surface area contributed by atoms with Crippen LogP contribution in [0.2, 0.25) is 19.6 Å². The fraction of sp³-hybridized carbons (Fsp3) is 0.600. The normalized spacial score (nSPS) is 14.7. The second-order valence-corrected chi connectivity index (χ2v) is 12.9. The van der Waals surface area contributed by atoms with Crippen molar-refractivity contribution in [2.75, 3.05) is 0 Å². The average Bonchev–Trinajstić information content (AvgIpc) is 2.42. The van der Waals surface area contributed by atoms with E-state index in [9.17, 15) is 9.59 Å². The molecule has 0 heterocycles. The van der Waals surface area contributed by atoms with E-state index < -0.39 is 31.9 Å². The van der Waals surface area contributed by atoms with Gasteiger partial charge in [-0.05, 0) is 65.7 Å². The Hall–Kier alpha value is -1.46. The lowest BCUT2D eigenvalue weighted by molar-refractivity contribution is -0.165. The maximum atomic E-state index is 12.6. The lowest BCUT2D eigenvalue weighted by atomic mass is 9.93. The Labute approximate surface area is 153 Å². The highest BCUT2D eigenvalue weighted by molar-refractivity contribution is 6.69. The molecule has 1 rings (SSSR count). The van der Waals surface area contributed by atoms with E-state index in [0.29, 0.717) is 6.42 Å². The Morgan fingerprint density at radius 2 is 1.64 bits per heavy atom. The van der Waals surface area contributed by atoms with Crippen LogP contribution in [0.4, 0.5) is 0 Å². The molecular weight excluding hydrogens is 332 g/mol. The van der Waals surface area contributed by atoms with Crippen LogP contribution in [0, 0.1) is 5.92 Å². The lowest BCUT2D eigenvalue weighted by Gasteiger charge is -2.32. The molecule has 1 aromatic carbocycles. The van der Waals surface area contributed by atoms with Gasteiger partial charge in [0, 0.05) is 0 Å². The van der Waals surface area contributed by atoms with E-state index in [4.69, 9.17) is 9.16 Å². The Morgan fingerprint density at radius 3 is 2.08 bits per heavy atom. The van der Waals surface area contributed by atoms with Crippen LogP contribution in [-0.2, 0) is 25.2 Å². The van der Waals surface area contributed by atoms with Crippen molar-refractivity contribution >= 4 is 20.1 Å². The molecule has 0 aromatic heterocycles. The van der Waals surface area contributed by atoms with Gasteiger partial charge in [-0.25, -0.2) is 0 Å². The average molecular weight is 365 g/mol. The monoisotopic (exact) mass is 364 g/mol. The number of hydrogen-bond donors (Lipinski definition) is 0. The van der Waals surface area contributed by atoms with Crippen molar-refractivity contribution in [3.8, 4) is 0 Å². The van der Waals surface area contributed by atoms with Gasteiger partial charge in [-0.1, -0.05) is 30.3 Å². The van der Waals surface area contributed by atoms with Gasteiger partial charge in [-0.15, -0.1) is 0 Å². The van der Waals surface area contributed by atoms with Gasteiger partial charge in [0.15, 0.2) is 8.32 Å². The summed E-state index contributed by atoms with van der Waals surface area (Å²) in [5, 5.41) is 0. The summed E-state index contributed by atoms with van der Waals surface area (Å²) in [6.07, 6.45) is 0.902. The van der Waals surface area contributed by atoms with Gasteiger partial charge in [-0.2, -0.15) is 0 Å². The maximum Gasteiger partial charge on any atom is 0.319 e. The van der Waals surface area contributed by atoms with Gasteiger partial charge in [0.2, 0.25) is 0 Å². The van der Waals surface area contributed by atoms with Crippen molar-refractivity contribution in [1.29, 1.82) is 0 Å². The van der Waals surface area contributed by atoms with E-state index in [1.165, 1.54) is 6.92 Å². The summed E-state index contributed by atoms with van der Waals surface area (Å²) in [6, 6.07) is 10.0. The number of aryl methyl sites for hydroxylation is 1. The van der Waals surface area contributed by atoms with Gasteiger partial charge < -0.3 is 9.16 Å². The molecule has 0 amide bonds. The van der Waals surface area contributed by atoms with Crippen molar-refractivity contribution < 1.29 is 18.8 Å². The molecule has 0 aliphatic carbocycles. The van der Waals surface area contributed by atoms with E-state index >= 15 is 0 Å². The highest BCUT2D eigenvalue weighted by atomic mass is 28.4. The molecule has 0 saturated heterocycles. The summed E-state index contributed by atoms with van der Waals surface area (Å²) in [5.74, 6) is -1.57. The molecule has 0 fully saturated rings. The third kappa shape index (κ3) is 8.45. The summed E-state index contributed by atoms with van der Waals surface area (Å²) >= 11 is 0. The first kappa shape index (κ1) is 21.6. The molecule has 2 atom stereocenters. The van der Waals surface area contributed by atoms with Crippen molar-refractivity contribution in [2.24, 2.45) is 5.92 Å². The predicted molar refractivity (Wildman–Crippen MR) is 103 cm³/mol. The van der Waals surface area contributed by atoms with Crippen molar-refractivity contribution in [1.82, 2.24) is 0 Å². The number of benzene rings is 1. The largest absolute Gasteiger partial charge is 0.459 e. The molecule has 25 heavy (non-hydrogen) atoms. The molecular formula is C20H32O4Si. The fourth-order valence-electron chi connectivity index (χ4n) is 2.65. The molecule has 5 heteroatoms. The minimum Gasteiger partial charge on any atom is -0.459 e. The van der Waals surface area contributed by atoms with Gasteiger partial charge in [0.05, 0.1) is 6.10 Å². The van der Waals surface area contributed by atoms with Crippen molar-refractivity contribution in [3.63, 3.8) is 0 Å². The molecule has 0 aliphatic heterocycles. The molecule has 1 aromatic rings. The van der Waals surface area contributed by atoms with Gasteiger partial charge in [0.25, 0.3) is 0 Å². The molecule has 4 nitrogen and oxygen atoms in total. The molecule has 0 N–H and O–H groups in total. The van der Waals surface area contributed by atoms with E-state index in [-0.39, 0.29) is 5.78 Å². The standard InChI is InChI=1S/C20H32O4Si/c1-15(21)18(19(22)23-20(2,3)4)17(24-25(5,6)7)14-13-16-11-9-8-10-12-16/h8-12,17-18H,13-14H2,1-7H3. The second kappa shape index (κ2) is 8.76. The van der Waals surface area contributed by atoms with Crippen LogP contribution >= 0.6 is 0 Å². The van der Waals surface area contributed by atoms with E-state index in [1.807, 2.05) is 30.3 Å². The Morgan fingerprint density at radius 1 is 1.08 bits per heavy atom. The van der Waals surface area contributed by atoms with Crippen LogP contribution in [0.5, 0.6) is 0 Å². The van der Waals surface area contributed by atoms with Crippen LogP contribution in [-0.4, -0.2) is 31.8 Å². The third-order valence-electron chi connectivity index (χ3n) is 3.54. The first-order valence-corrected chi connectivity index (χ1v) is 12.2. The van der Waals surface area contributed by atoms with Crippen molar-refractivity contribution in [2.45, 2.75) is 71.9 Å². The fourth-order valence-corrected chi connectivity index (χ4v) is 3.81. The van der Waals surface area contributed by atoms with Crippen molar-refractivity contribution in [3.05, 3.63) is 35.9 Å². The number of carbonyl (C=O) groups excluding carboxylic acids is 2. The molecule has 0 aliphatic rings. The van der Waals surface area contributed by atoms with Crippen LogP contribution < -0.4 is 0 Å². The highest BCUT2D eigenvalue weighted by Gasteiger charge is 2.38. The van der Waals surface area contributed by atoms with Gasteiger partial charge >= 0.3 is 5.97 Å². The molecule has 0 bridgehead atoms. The summed E-state index contributed by atoms with van der Waals surface area (Å²) in [7, 11) is -1.93. The maximum absolute atomic E-state index is 12.6. The first-order chi connectivity index (χ1) is 11.4. The lowest BCUT2D eigenvalue weighted by Crippen LogP contribution is -2.44. The Bertz CT molecular complexity index is 570. The predicted octanol–water partition coefficient (Wildman–Crippen LogP) is 4.39. The number of ether oxygens (including phenoxy) is 1. The van der Waals surface area contributed by atoms with E-state index in [0.717, 1.165) is 12.0 Å². The zero-order chi connectivity index (χ0) is 19.3. The number of Topliss-reactive ketones (excluding diaryl/α,β-unsaturated/α-hetero) is 1. The van der Waals surface area contributed by atoms with Crippen LogP contribution in [0.1, 0.15) is 39.7 Å². The number of esters is 1. The summed E-state index contributed by atoms with van der Waals surface area (Å²) in [5.41, 5.74) is 0.534. The van der Waals surface area contributed by atoms with Crippen LogP contribution in [0.25, 0.3) is 0 Å².